The number of aryl methyl sites for hydroxylation is 1. The zero-order valence-electron chi connectivity index (χ0n) is 12.3. The van der Waals surface area contributed by atoms with Crippen LogP contribution in [0.2, 0.25) is 0 Å². The molecule has 0 aliphatic rings. The Labute approximate surface area is 114 Å². The Kier molecular flexibility index (Phi) is 5.98. The monoisotopic (exact) mass is 267 g/mol. The average molecular weight is 267 g/mol. The van der Waals surface area contributed by atoms with Crippen molar-refractivity contribution in [1.82, 2.24) is 20.0 Å². The summed E-state index contributed by atoms with van der Waals surface area (Å²) < 4.78 is 1.83. The maximum atomic E-state index is 12.1. The lowest BCUT2D eigenvalue weighted by molar-refractivity contribution is 0.0943. The Morgan fingerprint density at radius 2 is 2.26 bits per heavy atom. The Morgan fingerprint density at radius 3 is 2.84 bits per heavy atom. The zero-order valence-corrected chi connectivity index (χ0v) is 12.3. The largest absolute Gasteiger partial charge is 0.350 e. The van der Waals surface area contributed by atoms with Crippen LogP contribution in [0.25, 0.3) is 0 Å². The van der Waals surface area contributed by atoms with Crippen LogP contribution in [0.15, 0.2) is 6.20 Å². The predicted octanol–water partition coefficient (Wildman–Crippen LogP) is 0.220. The van der Waals surface area contributed by atoms with Gasteiger partial charge in [0.05, 0.1) is 11.8 Å². The third-order valence-electron chi connectivity index (χ3n) is 3.36. The molecule has 1 unspecified atom stereocenters. The van der Waals surface area contributed by atoms with Crippen LogP contribution in [0.1, 0.15) is 29.4 Å². The molecule has 6 nitrogen and oxygen atoms in total. The molecular weight excluding hydrogens is 242 g/mol. The van der Waals surface area contributed by atoms with Crippen LogP contribution in [-0.2, 0) is 6.54 Å². The topological polar surface area (TPSA) is 76.2 Å². The summed E-state index contributed by atoms with van der Waals surface area (Å²) in [4.78, 5) is 14.1. The van der Waals surface area contributed by atoms with Crippen molar-refractivity contribution in [2.45, 2.75) is 32.9 Å². The van der Waals surface area contributed by atoms with E-state index in [1.807, 2.05) is 25.7 Å². The van der Waals surface area contributed by atoms with Crippen molar-refractivity contribution in [3.8, 4) is 0 Å². The number of nitrogens with zero attached hydrogens (tertiary/aromatic N) is 3. The van der Waals surface area contributed by atoms with Crippen molar-refractivity contribution in [2.75, 3.05) is 27.2 Å². The van der Waals surface area contributed by atoms with Gasteiger partial charge in [0.1, 0.15) is 0 Å². The molecule has 1 atom stereocenters. The first kappa shape index (κ1) is 15.7. The second-order valence-corrected chi connectivity index (χ2v) is 5.03. The van der Waals surface area contributed by atoms with E-state index < -0.39 is 0 Å². The molecule has 0 saturated heterocycles. The number of likely N-dealkylation sites (N-methyl/N-ethyl adjacent to an activating group) is 1. The van der Waals surface area contributed by atoms with E-state index in [2.05, 4.69) is 22.2 Å². The molecule has 1 rings (SSSR count). The number of hydrogen-bond donors (Lipinski definition) is 2. The third-order valence-corrected chi connectivity index (χ3v) is 3.36. The van der Waals surface area contributed by atoms with E-state index in [9.17, 15) is 4.79 Å². The van der Waals surface area contributed by atoms with Gasteiger partial charge in [-0.3, -0.25) is 9.48 Å². The van der Waals surface area contributed by atoms with Gasteiger partial charge in [-0.1, -0.05) is 0 Å². The van der Waals surface area contributed by atoms with Gasteiger partial charge in [-0.05, 0) is 40.9 Å². The summed E-state index contributed by atoms with van der Waals surface area (Å²) in [5, 5.41) is 7.16. The summed E-state index contributed by atoms with van der Waals surface area (Å²) >= 11 is 0. The third kappa shape index (κ3) is 4.33. The summed E-state index contributed by atoms with van der Waals surface area (Å²) in [6.45, 7) is 5.98. The summed E-state index contributed by atoms with van der Waals surface area (Å²) in [6.07, 6.45) is 2.49. The standard InChI is InChI=1S/C13H25N5O/c1-10(17(3)4)8-15-13(19)12-9-16-18(11(12)2)7-5-6-14/h9-10H,5-8,14H2,1-4H3,(H,15,19). The molecule has 0 radical (unpaired) electrons. The fourth-order valence-electron chi connectivity index (χ4n) is 1.65. The van der Waals surface area contributed by atoms with Crippen LogP contribution in [0.4, 0.5) is 0 Å². The molecule has 6 heteroatoms. The lowest BCUT2D eigenvalue weighted by Crippen LogP contribution is -2.38. The van der Waals surface area contributed by atoms with Crippen molar-refractivity contribution in [3.05, 3.63) is 17.5 Å². The van der Waals surface area contributed by atoms with Crippen LogP contribution in [0.5, 0.6) is 0 Å². The number of nitrogens with one attached hydrogen (secondary N) is 1. The Hall–Kier alpha value is -1.40. The molecule has 0 aliphatic heterocycles. The van der Waals surface area contributed by atoms with E-state index in [1.54, 1.807) is 6.20 Å². The summed E-state index contributed by atoms with van der Waals surface area (Å²) in [5.41, 5.74) is 7.01. The predicted molar refractivity (Wildman–Crippen MR) is 76.1 cm³/mol. The van der Waals surface area contributed by atoms with Gasteiger partial charge in [0, 0.05) is 24.8 Å². The molecule has 1 heterocycles. The van der Waals surface area contributed by atoms with Crippen LogP contribution < -0.4 is 11.1 Å². The Balaban J connectivity index is 2.60. The fraction of sp³-hybridized carbons (Fsp3) is 0.692. The summed E-state index contributed by atoms with van der Waals surface area (Å²) in [6, 6.07) is 0.302. The molecule has 3 N–H and O–H groups in total. The number of hydrogen-bond acceptors (Lipinski definition) is 4. The van der Waals surface area contributed by atoms with Crippen LogP contribution >= 0.6 is 0 Å². The second-order valence-electron chi connectivity index (χ2n) is 5.03. The minimum Gasteiger partial charge on any atom is -0.350 e. The highest BCUT2D eigenvalue weighted by Gasteiger charge is 2.15. The fourth-order valence-corrected chi connectivity index (χ4v) is 1.65. The van der Waals surface area contributed by atoms with E-state index in [0.29, 0.717) is 24.7 Å². The zero-order chi connectivity index (χ0) is 14.4. The van der Waals surface area contributed by atoms with Gasteiger partial charge < -0.3 is 16.0 Å². The van der Waals surface area contributed by atoms with Crippen molar-refractivity contribution in [3.63, 3.8) is 0 Å². The minimum atomic E-state index is -0.0646. The van der Waals surface area contributed by atoms with Crippen LogP contribution in [0.3, 0.4) is 0 Å². The number of rotatable bonds is 7. The average Bonchev–Trinajstić information content (AvgIpc) is 2.74. The van der Waals surface area contributed by atoms with Gasteiger partial charge in [0.25, 0.3) is 5.91 Å². The molecule has 0 aromatic carbocycles. The van der Waals surface area contributed by atoms with Gasteiger partial charge in [0.15, 0.2) is 0 Å². The van der Waals surface area contributed by atoms with Gasteiger partial charge in [-0.25, -0.2) is 0 Å². The molecular formula is C13H25N5O. The van der Waals surface area contributed by atoms with Crippen LogP contribution in [-0.4, -0.2) is 53.8 Å². The molecule has 1 aromatic rings. The van der Waals surface area contributed by atoms with E-state index in [1.165, 1.54) is 0 Å². The maximum absolute atomic E-state index is 12.1. The van der Waals surface area contributed by atoms with Crippen molar-refractivity contribution in [1.29, 1.82) is 0 Å². The highest BCUT2D eigenvalue weighted by molar-refractivity contribution is 5.95. The molecule has 1 amide bonds. The smallest absolute Gasteiger partial charge is 0.254 e. The van der Waals surface area contributed by atoms with Gasteiger partial charge >= 0.3 is 0 Å². The Bertz CT molecular complexity index is 413. The number of nitrogens with two attached hydrogens (primary N) is 1. The first-order chi connectivity index (χ1) is 8.97. The maximum Gasteiger partial charge on any atom is 0.254 e. The van der Waals surface area contributed by atoms with E-state index in [-0.39, 0.29) is 5.91 Å². The van der Waals surface area contributed by atoms with Crippen LogP contribution in [0, 0.1) is 6.92 Å². The molecule has 1 aromatic heterocycles. The summed E-state index contributed by atoms with van der Waals surface area (Å²) in [5.74, 6) is -0.0646. The molecule has 0 aliphatic carbocycles. The van der Waals surface area contributed by atoms with Crippen molar-refractivity contribution >= 4 is 5.91 Å². The molecule has 19 heavy (non-hydrogen) atoms. The van der Waals surface area contributed by atoms with Crippen molar-refractivity contribution < 1.29 is 4.79 Å². The van der Waals surface area contributed by atoms with Gasteiger partial charge in [-0.15, -0.1) is 0 Å². The minimum absolute atomic E-state index is 0.0646. The molecule has 0 bridgehead atoms. The first-order valence-corrected chi connectivity index (χ1v) is 6.64. The quantitative estimate of drug-likeness (QED) is 0.741. The molecule has 108 valence electrons. The number of carbonyl (C=O) groups is 1. The van der Waals surface area contributed by atoms with E-state index >= 15 is 0 Å². The van der Waals surface area contributed by atoms with E-state index in [4.69, 9.17) is 5.73 Å². The van der Waals surface area contributed by atoms with Crippen molar-refractivity contribution in [2.24, 2.45) is 5.73 Å². The first-order valence-electron chi connectivity index (χ1n) is 6.64. The molecule has 0 spiro atoms. The SMILES string of the molecule is Cc1c(C(=O)NCC(C)N(C)C)cnn1CCCN. The van der Waals surface area contributed by atoms with Gasteiger partial charge in [0.2, 0.25) is 0 Å². The lowest BCUT2D eigenvalue weighted by atomic mass is 10.2. The normalized spacial score (nSPS) is 12.7. The highest BCUT2D eigenvalue weighted by atomic mass is 16.1. The Morgan fingerprint density at radius 1 is 1.58 bits per heavy atom. The summed E-state index contributed by atoms with van der Waals surface area (Å²) in [7, 11) is 3.99. The number of amides is 1. The number of aromatic nitrogens is 2. The molecule has 0 fully saturated rings. The lowest BCUT2D eigenvalue weighted by Gasteiger charge is -2.19. The van der Waals surface area contributed by atoms with E-state index in [0.717, 1.165) is 18.7 Å². The second kappa shape index (κ2) is 7.25. The molecule has 0 saturated carbocycles. The number of carbonyl (C=O) groups excluding carboxylic acids is 1. The van der Waals surface area contributed by atoms with Gasteiger partial charge in [-0.2, -0.15) is 5.10 Å². The highest BCUT2D eigenvalue weighted by Crippen LogP contribution is 2.07.